The van der Waals surface area contributed by atoms with Gasteiger partial charge >= 0.3 is 11.9 Å². The number of nitrogen functional groups attached to an aromatic ring is 1. The summed E-state index contributed by atoms with van der Waals surface area (Å²) in [5.41, 5.74) is 6.23. The number of thioether (sulfide) groups is 1. The molecule has 2 aliphatic heterocycles. The van der Waals surface area contributed by atoms with E-state index >= 15 is 0 Å². The lowest BCUT2D eigenvalue weighted by atomic mass is 9.98. The van der Waals surface area contributed by atoms with E-state index < -0.39 is 47.4 Å². The van der Waals surface area contributed by atoms with Crippen LogP contribution in [0.15, 0.2) is 52.4 Å². The van der Waals surface area contributed by atoms with Crippen LogP contribution in [-0.4, -0.2) is 75.4 Å². The van der Waals surface area contributed by atoms with Crippen LogP contribution in [0.3, 0.4) is 0 Å². The van der Waals surface area contributed by atoms with E-state index in [0.29, 0.717) is 11.3 Å². The first-order valence-corrected chi connectivity index (χ1v) is 14.2. The van der Waals surface area contributed by atoms with E-state index in [-0.39, 0.29) is 22.2 Å². The fourth-order valence-electron chi connectivity index (χ4n) is 3.75. The Kier molecular flexibility index (Phi) is 9.08. The number of rotatable bonds is 9. The fourth-order valence-corrected chi connectivity index (χ4v) is 5.62. The van der Waals surface area contributed by atoms with Crippen LogP contribution in [0.4, 0.5) is 5.13 Å². The van der Waals surface area contributed by atoms with E-state index in [1.165, 1.54) is 23.8 Å². The van der Waals surface area contributed by atoms with Gasteiger partial charge < -0.3 is 25.4 Å². The first kappa shape index (κ1) is 29.7. The number of pyridine rings is 1. The number of carbonyl (C=O) groups excluding carboxylic acids is 4. The van der Waals surface area contributed by atoms with Gasteiger partial charge in [0.15, 0.2) is 10.8 Å². The Bertz CT molecular complexity index is 1430. The number of allylic oxidation sites excluding steroid dienone is 1. The van der Waals surface area contributed by atoms with E-state index in [1.807, 2.05) is 6.07 Å². The fraction of sp³-hybridized carbons (Fsp3) is 0.346. The zero-order valence-electron chi connectivity index (χ0n) is 22.7. The molecule has 0 radical (unpaired) electrons. The summed E-state index contributed by atoms with van der Waals surface area (Å²) in [6.45, 7) is 4.39. The Morgan fingerprint density at radius 1 is 1.27 bits per heavy atom. The minimum atomic E-state index is -0.962. The van der Waals surface area contributed by atoms with Crippen LogP contribution in [0.1, 0.15) is 32.0 Å². The second-order valence-electron chi connectivity index (χ2n) is 9.78. The number of nitrogens with one attached hydrogen (secondary N) is 1. The molecule has 0 unspecified atom stereocenters. The maximum Gasteiger partial charge on any atom is 0.358 e. The van der Waals surface area contributed by atoms with Gasteiger partial charge in [0.1, 0.15) is 29.9 Å². The summed E-state index contributed by atoms with van der Waals surface area (Å²) in [5.74, 6) is -2.30. The molecule has 4 rings (SSSR count). The Hall–Kier alpha value is -4.24. The summed E-state index contributed by atoms with van der Waals surface area (Å²) >= 11 is 2.48. The lowest BCUT2D eigenvalue weighted by molar-refractivity contribution is -0.173. The Labute approximate surface area is 243 Å². The monoisotopic (exact) mass is 600 g/mol. The van der Waals surface area contributed by atoms with Crippen LogP contribution in [0.5, 0.6) is 0 Å². The van der Waals surface area contributed by atoms with Crippen molar-refractivity contribution in [2.45, 2.75) is 32.2 Å². The van der Waals surface area contributed by atoms with Gasteiger partial charge in [0.2, 0.25) is 6.79 Å². The highest BCUT2D eigenvalue weighted by Crippen LogP contribution is 2.41. The number of nitrogens with zero attached hydrogens (tertiary/aromatic N) is 4. The molecule has 3 N–H and O–H groups in total. The summed E-state index contributed by atoms with van der Waals surface area (Å²) in [6, 6.07) is 2.64. The van der Waals surface area contributed by atoms with Gasteiger partial charge in [0, 0.05) is 23.5 Å². The molecule has 0 bridgehead atoms. The molecule has 0 saturated carbocycles. The summed E-state index contributed by atoms with van der Waals surface area (Å²) in [7, 11) is 1.28. The molecule has 2 aliphatic rings. The molecule has 41 heavy (non-hydrogen) atoms. The third-order valence-corrected chi connectivity index (χ3v) is 7.77. The quantitative estimate of drug-likeness (QED) is 0.141. The summed E-state index contributed by atoms with van der Waals surface area (Å²) < 4.78 is 10.3. The van der Waals surface area contributed by atoms with Gasteiger partial charge in [-0.15, -0.1) is 23.1 Å². The van der Waals surface area contributed by atoms with Gasteiger partial charge in [0.25, 0.3) is 11.8 Å². The molecule has 2 atom stereocenters. The molecule has 2 amide bonds. The molecule has 0 aromatic carbocycles. The van der Waals surface area contributed by atoms with Crippen molar-refractivity contribution < 1.29 is 33.5 Å². The molecule has 2 aromatic heterocycles. The van der Waals surface area contributed by atoms with Crippen LogP contribution in [0, 0.1) is 5.41 Å². The van der Waals surface area contributed by atoms with Crippen molar-refractivity contribution in [2.75, 3.05) is 25.4 Å². The zero-order valence-corrected chi connectivity index (χ0v) is 24.3. The molecular weight excluding hydrogens is 572 g/mol. The highest BCUT2D eigenvalue weighted by molar-refractivity contribution is 8.00. The van der Waals surface area contributed by atoms with E-state index in [9.17, 15) is 19.2 Å². The number of hydrogen-bond donors (Lipinski definition) is 2. The maximum absolute atomic E-state index is 13.3. The average Bonchev–Trinajstić information content (AvgIpc) is 3.38. The molecular formula is C26H28N6O7S2. The topological polar surface area (TPSA) is 175 Å². The molecule has 0 spiro atoms. The SMILES string of the molecule is CON=C(C(=O)N[C@@H]1C(=O)N2C(C(=O)OCOC(=O)C(C)(C)C)=C(/C=C/c3cccnc3)CS[C@@H]12)c1csc(N)n1. The van der Waals surface area contributed by atoms with E-state index in [1.54, 1.807) is 56.8 Å². The molecule has 15 heteroatoms. The number of oxime groups is 1. The number of β-lactam (4-membered cyclic amide) rings is 1. The van der Waals surface area contributed by atoms with E-state index in [0.717, 1.165) is 16.9 Å². The third kappa shape index (κ3) is 6.74. The molecule has 4 heterocycles. The standard InChI is InChI=1S/C26H28N6O7S2/c1-26(2,3)24(36)39-13-38-23(35)19-15(8-7-14-6-5-9-28-10-14)11-40-22-18(21(34)32(19)22)30-20(33)17(31-37-4)16-12-41-25(27)29-16/h5-10,12,18,22H,11,13H2,1-4H3,(H2,27,29)(H,30,33)/b8-7+,31-17?/t18-,22+/m1/s1. The van der Waals surface area contributed by atoms with Crippen LogP contribution < -0.4 is 11.1 Å². The second-order valence-corrected chi connectivity index (χ2v) is 11.8. The van der Waals surface area contributed by atoms with Crippen molar-refractivity contribution in [2.24, 2.45) is 10.6 Å². The molecule has 2 aromatic rings. The van der Waals surface area contributed by atoms with Gasteiger partial charge in [-0.2, -0.15) is 0 Å². The van der Waals surface area contributed by atoms with Gasteiger partial charge in [-0.25, -0.2) is 9.78 Å². The lowest BCUT2D eigenvalue weighted by Crippen LogP contribution is -2.71. The number of fused-ring (bicyclic) bond motifs is 1. The molecule has 0 aliphatic carbocycles. The number of carbonyl (C=O) groups is 4. The van der Waals surface area contributed by atoms with Crippen molar-refractivity contribution in [3.63, 3.8) is 0 Å². The molecule has 1 saturated heterocycles. The zero-order chi connectivity index (χ0) is 29.7. The van der Waals surface area contributed by atoms with E-state index in [2.05, 4.69) is 20.4 Å². The van der Waals surface area contributed by atoms with Crippen LogP contribution >= 0.6 is 23.1 Å². The Morgan fingerprint density at radius 2 is 2.05 bits per heavy atom. The number of amides is 2. The summed E-state index contributed by atoms with van der Waals surface area (Å²) in [6.07, 6.45) is 6.74. The average molecular weight is 601 g/mol. The van der Waals surface area contributed by atoms with Gasteiger partial charge in [0.05, 0.1) is 5.41 Å². The Balaban J connectivity index is 1.55. The Morgan fingerprint density at radius 3 is 2.68 bits per heavy atom. The second kappa shape index (κ2) is 12.5. The lowest BCUT2D eigenvalue weighted by Gasteiger charge is -2.49. The highest BCUT2D eigenvalue weighted by Gasteiger charge is 2.54. The first-order chi connectivity index (χ1) is 19.5. The molecule has 13 nitrogen and oxygen atoms in total. The number of thiazole rings is 1. The summed E-state index contributed by atoms with van der Waals surface area (Å²) in [5, 5.41) is 7.57. The number of nitrogens with two attached hydrogens (primary N) is 1. The minimum Gasteiger partial charge on any atom is -0.427 e. The number of aromatic nitrogens is 2. The number of ether oxygens (including phenoxy) is 2. The van der Waals surface area contributed by atoms with Crippen molar-refractivity contribution in [3.8, 4) is 0 Å². The number of hydrogen-bond acceptors (Lipinski definition) is 13. The van der Waals surface area contributed by atoms with Crippen molar-refractivity contribution in [1.29, 1.82) is 0 Å². The number of anilines is 1. The van der Waals surface area contributed by atoms with Crippen LogP contribution in [-0.2, 0) is 33.5 Å². The first-order valence-electron chi connectivity index (χ1n) is 12.2. The molecule has 1 fully saturated rings. The van der Waals surface area contributed by atoms with Crippen molar-refractivity contribution >= 4 is 63.8 Å². The van der Waals surface area contributed by atoms with Crippen LogP contribution in [0.25, 0.3) is 6.08 Å². The smallest absolute Gasteiger partial charge is 0.358 e. The number of esters is 2. The van der Waals surface area contributed by atoms with Crippen molar-refractivity contribution in [1.82, 2.24) is 20.2 Å². The predicted molar refractivity (Wildman–Crippen MR) is 152 cm³/mol. The van der Waals surface area contributed by atoms with Gasteiger partial charge in [-0.1, -0.05) is 23.4 Å². The van der Waals surface area contributed by atoms with Crippen molar-refractivity contribution in [3.05, 3.63) is 58.5 Å². The summed E-state index contributed by atoms with van der Waals surface area (Å²) in [4.78, 5) is 65.9. The predicted octanol–water partition coefficient (Wildman–Crippen LogP) is 1.93. The van der Waals surface area contributed by atoms with Gasteiger partial charge in [-0.05, 0) is 38.0 Å². The van der Waals surface area contributed by atoms with Crippen LogP contribution in [0.2, 0.25) is 0 Å². The van der Waals surface area contributed by atoms with Gasteiger partial charge in [-0.3, -0.25) is 24.3 Å². The van der Waals surface area contributed by atoms with E-state index in [4.69, 9.17) is 20.0 Å². The largest absolute Gasteiger partial charge is 0.427 e. The highest BCUT2D eigenvalue weighted by atomic mass is 32.2. The minimum absolute atomic E-state index is 0.00532. The maximum atomic E-state index is 13.3. The molecule has 216 valence electrons. The normalized spacial score (nSPS) is 19.0. The third-order valence-electron chi connectivity index (χ3n) is 5.79.